The van der Waals surface area contributed by atoms with E-state index in [0.29, 0.717) is 19.1 Å². The molecule has 0 radical (unpaired) electrons. The fourth-order valence-electron chi connectivity index (χ4n) is 2.82. The van der Waals surface area contributed by atoms with Gasteiger partial charge in [-0.1, -0.05) is 12.1 Å². The molecule has 1 N–H and O–H groups in total. The highest BCUT2D eigenvalue weighted by molar-refractivity contribution is 5.28. The van der Waals surface area contributed by atoms with Crippen LogP contribution in [0.3, 0.4) is 0 Å². The molecular formula is C17H27NO3. The molecule has 2 unspecified atom stereocenters. The number of hydrogen-bond acceptors (Lipinski definition) is 4. The Morgan fingerprint density at radius 1 is 1.38 bits per heavy atom. The van der Waals surface area contributed by atoms with E-state index in [1.165, 1.54) is 6.42 Å². The van der Waals surface area contributed by atoms with Crippen molar-refractivity contribution in [2.75, 3.05) is 40.0 Å². The summed E-state index contributed by atoms with van der Waals surface area (Å²) in [6, 6.07) is 7.70. The monoisotopic (exact) mass is 293 g/mol. The first-order valence-corrected chi connectivity index (χ1v) is 7.86. The smallest absolute Gasteiger partial charge is 0.119 e. The first kappa shape index (κ1) is 16.3. The topological polar surface area (TPSA) is 41.9 Å². The van der Waals surface area contributed by atoms with Crippen LogP contribution in [0.4, 0.5) is 0 Å². The van der Waals surface area contributed by atoms with Crippen molar-refractivity contribution in [3.05, 3.63) is 29.8 Å². The Morgan fingerprint density at radius 2 is 2.14 bits per heavy atom. The summed E-state index contributed by atoms with van der Waals surface area (Å²) >= 11 is 0. The summed E-state index contributed by atoms with van der Waals surface area (Å²) in [7, 11) is 2.06. The van der Waals surface area contributed by atoms with Gasteiger partial charge in [-0.15, -0.1) is 0 Å². The van der Waals surface area contributed by atoms with Crippen molar-refractivity contribution in [2.45, 2.75) is 25.9 Å². The number of aliphatic hydroxyl groups excluding tert-OH is 1. The van der Waals surface area contributed by atoms with Crippen LogP contribution in [-0.2, 0) is 4.74 Å². The average molecular weight is 293 g/mol. The molecule has 2 rings (SSSR count). The van der Waals surface area contributed by atoms with Crippen LogP contribution in [0, 0.1) is 5.92 Å². The molecule has 118 valence electrons. The van der Waals surface area contributed by atoms with Crippen molar-refractivity contribution in [3.8, 4) is 5.75 Å². The first-order valence-electron chi connectivity index (χ1n) is 7.86. The lowest BCUT2D eigenvalue weighted by molar-refractivity contribution is 0.0342. The molecule has 2 atom stereocenters. The van der Waals surface area contributed by atoms with Crippen molar-refractivity contribution in [1.82, 2.24) is 4.90 Å². The lowest BCUT2D eigenvalue weighted by atomic mass is 10.0. The minimum absolute atomic E-state index is 0.463. The molecular weight excluding hydrogens is 266 g/mol. The van der Waals surface area contributed by atoms with Crippen molar-refractivity contribution in [2.24, 2.45) is 5.92 Å². The number of ether oxygens (including phenoxy) is 2. The Labute approximate surface area is 127 Å². The fourth-order valence-corrected chi connectivity index (χ4v) is 2.82. The standard InChI is InChI=1S/C17H27NO3/c1-3-21-16-8-6-15(7-9-16)17(19)12-18(2)11-14-5-4-10-20-13-14/h6-9,14,17,19H,3-5,10-13H2,1-2H3. The van der Waals surface area contributed by atoms with Crippen LogP contribution in [0.2, 0.25) is 0 Å². The molecule has 4 nitrogen and oxygen atoms in total. The Morgan fingerprint density at radius 3 is 2.76 bits per heavy atom. The molecule has 1 aromatic rings. The summed E-state index contributed by atoms with van der Waals surface area (Å²) in [6.45, 7) is 6.00. The Kier molecular flexibility index (Phi) is 6.49. The number of rotatable bonds is 7. The zero-order chi connectivity index (χ0) is 15.1. The van der Waals surface area contributed by atoms with Gasteiger partial charge in [-0.05, 0) is 50.4 Å². The number of hydrogen-bond donors (Lipinski definition) is 1. The lowest BCUT2D eigenvalue weighted by Crippen LogP contribution is -2.33. The van der Waals surface area contributed by atoms with E-state index in [2.05, 4.69) is 11.9 Å². The highest BCUT2D eigenvalue weighted by atomic mass is 16.5. The van der Waals surface area contributed by atoms with Crippen LogP contribution < -0.4 is 4.74 Å². The SMILES string of the molecule is CCOc1ccc(C(O)CN(C)CC2CCCOC2)cc1. The molecule has 21 heavy (non-hydrogen) atoms. The van der Waals surface area contributed by atoms with Crippen LogP contribution >= 0.6 is 0 Å². The van der Waals surface area contributed by atoms with Crippen LogP contribution in [-0.4, -0.2) is 50.0 Å². The summed E-state index contributed by atoms with van der Waals surface area (Å²) in [6.07, 6.45) is 1.92. The molecule has 0 aromatic heterocycles. The molecule has 1 aromatic carbocycles. The summed E-state index contributed by atoms with van der Waals surface area (Å²) in [4.78, 5) is 2.19. The van der Waals surface area contributed by atoms with E-state index in [1.807, 2.05) is 31.2 Å². The average Bonchev–Trinajstić information content (AvgIpc) is 2.49. The first-order chi connectivity index (χ1) is 10.2. The van der Waals surface area contributed by atoms with E-state index >= 15 is 0 Å². The maximum absolute atomic E-state index is 10.3. The maximum atomic E-state index is 10.3. The minimum atomic E-state index is -0.463. The zero-order valence-corrected chi connectivity index (χ0v) is 13.1. The molecule has 1 saturated heterocycles. The fraction of sp³-hybridized carbons (Fsp3) is 0.647. The van der Waals surface area contributed by atoms with Crippen LogP contribution in [0.15, 0.2) is 24.3 Å². The number of likely N-dealkylation sites (N-methyl/N-ethyl adjacent to an activating group) is 1. The van der Waals surface area contributed by atoms with Gasteiger partial charge in [-0.3, -0.25) is 0 Å². The highest BCUT2D eigenvalue weighted by Crippen LogP contribution is 2.20. The van der Waals surface area contributed by atoms with Crippen LogP contribution in [0.25, 0.3) is 0 Å². The molecule has 4 heteroatoms. The normalized spacial score (nSPS) is 20.5. The van der Waals surface area contributed by atoms with E-state index < -0.39 is 6.10 Å². The molecule has 1 aliphatic rings. The molecule has 1 heterocycles. The van der Waals surface area contributed by atoms with Crippen molar-refractivity contribution < 1.29 is 14.6 Å². The number of aliphatic hydroxyl groups is 1. The summed E-state index contributed by atoms with van der Waals surface area (Å²) in [5, 5.41) is 10.3. The third-order valence-corrected chi connectivity index (χ3v) is 3.88. The molecule has 1 aliphatic heterocycles. The Balaban J connectivity index is 1.80. The number of nitrogens with zero attached hydrogens (tertiary/aromatic N) is 1. The van der Waals surface area contributed by atoms with E-state index in [0.717, 1.165) is 37.5 Å². The molecule has 0 aliphatic carbocycles. The van der Waals surface area contributed by atoms with E-state index in [4.69, 9.17) is 9.47 Å². The largest absolute Gasteiger partial charge is 0.494 e. The van der Waals surface area contributed by atoms with Gasteiger partial charge < -0.3 is 19.5 Å². The van der Waals surface area contributed by atoms with Gasteiger partial charge in [-0.25, -0.2) is 0 Å². The molecule has 0 bridgehead atoms. The zero-order valence-electron chi connectivity index (χ0n) is 13.1. The van der Waals surface area contributed by atoms with Gasteiger partial charge in [-0.2, -0.15) is 0 Å². The Hall–Kier alpha value is -1.10. The second kappa shape index (κ2) is 8.37. The summed E-state index contributed by atoms with van der Waals surface area (Å²) in [5.41, 5.74) is 0.935. The third kappa shape index (κ3) is 5.30. The van der Waals surface area contributed by atoms with Crippen molar-refractivity contribution in [1.29, 1.82) is 0 Å². The predicted molar refractivity (Wildman–Crippen MR) is 83.6 cm³/mol. The third-order valence-electron chi connectivity index (χ3n) is 3.88. The molecule has 0 saturated carbocycles. The van der Waals surface area contributed by atoms with Gasteiger partial charge in [0.1, 0.15) is 5.75 Å². The van der Waals surface area contributed by atoms with E-state index in [9.17, 15) is 5.11 Å². The predicted octanol–water partition coefficient (Wildman–Crippen LogP) is 2.48. The minimum Gasteiger partial charge on any atom is -0.494 e. The summed E-state index contributed by atoms with van der Waals surface area (Å²) in [5.74, 6) is 1.44. The Bertz CT molecular complexity index is 401. The quantitative estimate of drug-likeness (QED) is 0.838. The lowest BCUT2D eigenvalue weighted by Gasteiger charge is -2.28. The summed E-state index contributed by atoms with van der Waals surface area (Å²) < 4.78 is 10.9. The van der Waals surface area contributed by atoms with Gasteiger partial charge in [0, 0.05) is 19.7 Å². The van der Waals surface area contributed by atoms with E-state index in [-0.39, 0.29) is 0 Å². The van der Waals surface area contributed by atoms with Gasteiger partial charge in [0.2, 0.25) is 0 Å². The van der Waals surface area contributed by atoms with Crippen LogP contribution in [0.5, 0.6) is 5.75 Å². The van der Waals surface area contributed by atoms with Gasteiger partial charge in [0.25, 0.3) is 0 Å². The van der Waals surface area contributed by atoms with Gasteiger partial charge in [0.05, 0.1) is 19.3 Å². The maximum Gasteiger partial charge on any atom is 0.119 e. The van der Waals surface area contributed by atoms with Crippen LogP contribution in [0.1, 0.15) is 31.4 Å². The van der Waals surface area contributed by atoms with E-state index in [1.54, 1.807) is 0 Å². The highest BCUT2D eigenvalue weighted by Gasteiger charge is 2.18. The molecule has 0 amide bonds. The second-order valence-corrected chi connectivity index (χ2v) is 5.82. The van der Waals surface area contributed by atoms with Gasteiger partial charge in [0.15, 0.2) is 0 Å². The van der Waals surface area contributed by atoms with Crippen molar-refractivity contribution >= 4 is 0 Å². The number of benzene rings is 1. The van der Waals surface area contributed by atoms with Crippen molar-refractivity contribution in [3.63, 3.8) is 0 Å². The molecule has 1 fully saturated rings. The second-order valence-electron chi connectivity index (χ2n) is 5.82. The van der Waals surface area contributed by atoms with Gasteiger partial charge >= 0.3 is 0 Å². The molecule has 0 spiro atoms.